The quantitative estimate of drug-likeness (QED) is 0.690. The minimum absolute atomic E-state index is 0.0757. The van der Waals surface area contributed by atoms with Crippen LogP contribution in [0.2, 0.25) is 0 Å². The minimum atomic E-state index is -0.189. The van der Waals surface area contributed by atoms with Gasteiger partial charge in [-0.2, -0.15) is 0 Å². The summed E-state index contributed by atoms with van der Waals surface area (Å²) < 4.78 is 9.82. The van der Waals surface area contributed by atoms with Crippen LogP contribution in [0.4, 0.5) is 0 Å². The maximum atomic E-state index is 11.3. The Morgan fingerprint density at radius 2 is 2.05 bits per heavy atom. The topological polar surface area (TPSA) is 51.7 Å². The van der Waals surface area contributed by atoms with E-state index in [-0.39, 0.29) is 11.4 Å². The highest BCUT2D eigenvalue weighted by molar-refractivity contribution is 7.09. The Balaban J connectivity index is 2.62. The molecule has 5 nitrogen and oxygen atoms in total. The van der Waals surface area contributed by atoms with Crippen LogP contribution in [0.1, 0.15) is 37.9 Å². The predicted octanol–water partition coefficient (Wildman–Crippen LogP) is 2.45. The van der Waals surface area contributed by atoms with Crippen LogP contribution >= 0.6 is 11.3 Å². The highest BCUT2D eigenvalue weighted by Crippen LogP contribution is 2.25. The second kappa shape index (κ2) is 8.46. The number of rotatable bonds is 8. The summed E-state index contributed by atoms with van der Waals surface area (Å²) in [5.74, 6) is -0.189. The van der Waals surface area contributed by atoms with Crippen molar-refractivity contribution < 1.29 is 14.3 Å². The predicted molar refractivity (Wildman–Crippen MR) is 84.6 cm³/mol. The van der Waals surface area contributed by atoms with E-state index in [0.717, 1.165) is 23.8 Å². The number of carbonyl (C=O) groups excluding carboxylic acids is 1. The molecule has 0 bridgehead atoms. The Hall–Kier alpha value is -0.980. The highest BCUT2D eigenvalue weighted by atomic mass is 32.1. The van der Waals surface area contributed by atoms with Crippen LogP contribution in [0.5, 0.6) is 0 Å². The number of esters is 1. The number of carbonyl (C=O) groups is 1. The molecule has 6 heteroatoms. The van der Waals surface area contributed by atoms with Crippen molar-refractivity contribution in [2.45, 2.75) is 39.2 Å². The fraction of sp³-hybridized carbons (Fsp3) is 0.733. The number of methoxy groups -OCH3 is 2. The normalized spacial score (nSPS) is 11.9. The zero-order chi connectivity index (χ0) is 15.9. The molecule has 1 aromatic heterocycles. The van der Waals surface area contributed by atoms with Crippen molar-refractivity contribution in [2.24, 2.45) is 0 Å². The first-order valence-corrected chi connectivity index (χ1v) is 7.97. The fourth-order valence-corrected chi connectivity index (χ4v) is 2.69. The molecular weight excluding hydrogens is 288 g/mol. The Labute approximate surface area is 131 Å². The van der Waals surface area contributed by atoms with E-state index in [2.05, 4.69) is 31.1 Å². The van der Waals surface area contributed by atoms with Gasteiger partial charge in [0, 0.05) is 37.5 Å². The third-order valence-electron chi connectivity index (χ3n) is 3.05. The molecule has 0 radical (unpaired) electrons. The molecule has 0 saturated carbocycles. The van der Waals surface area contributed by atoms with Gasteiger partial charge in [0.25, 0.3) is 0 Å². The minimum Gasteiger partial charge on any atom is -0.469 e. The van der Waals surface area contributed by atoms with Crippen LogP contribution in [0, 0.1) is 0 Å². The third-order valence-corrected chi connectivity index (χ3v) is 4.37. The van der Waals surface area contributed by atoms with Crippen molar-refractivity contribution in [3.05, 3.63) is 16.1 Å². The zero-order valence-corrected chi connectivity index (χ0v) is 14.5. The SMILES string of the molecule is COCCN(CCC(=O)OC)Cc1csc(C(C)(C)C)n1. The first-order valence-electron chi connectivity index (χ1n) is 7.09. The van der Waals surface area contributed by atoms with E-state index < -0.39 is 0 Å². The lowest BCUT2D eigenvalue weighted by Gasteiger charge is -2.20. The van der Waals surface area contributed by atoms with E-state index in [0.29, 0.717) is 19.6 Å². The van der Waals surface area contributed by atoms with E-state index in [4.69, 9.17) is 14.5 Å². The first-order chi connectivity index (χ1) is 9.86. The van der Waals surface area contributed by atoms with Gasteiger partial charge in [0.2, 0.25) is 0 Å². The van der Waals surface area contributed by atoms with Crippen LogP contribution in [0.25, 0.3) is 0 Å². The average molecular weight is 314 g/mol. The van der Waals surface area contributed by atoms with Crippen molar-refractivity contribution >= 4 is 17.3 Å². The van der Waals surface area contributed by atoms with Gasteiger partial charge in [0.15, 0.2) is 0 Å². The lowest BCUT2D eigenvalue weighted by molar-refractivity contribution is -0.141. The molecule has 0 aliphatic rings. The molecule has 120 valence electrons. The number of ether oxygens (including phenoxy) is 2. The number of thiazole rings is 1. The van der Waals surface area contributed by atoms with Gasteiger partial charge in [0.1, 0.15) is 0 Å². The molecule has 21 heavy (non-hydrogen) atoms. The number of aromatic nitrogens is 1. The molecule has 0 spiro atoms. The van der Waals surface area contributed by atoms with Crippen LogP contribution in [0.3, 0.4) is 0 Å². The monoisotopic (exact) mass is 314 g/mol. The standard InChI is InChI=1S/C15H26N2O3S/c1-15(2,3)14-16-12(11-21-14)10-17(8-9-19-4)7-6-13(18)20-5/h11H,6-10H2,1-5H3. The first kappa shape index (κ1) is 18.1. The second-order valence-corrected chi connectivity index (χ2v) is 6.85. The Morgan fingerprint density at radius 1 is 1.33 bits per heavy atom. The van der Waals surface area contributed by atoms with Gasteiger partial charge in [-0.05, 0) is 0 Å². The van der Waals surface area contributed by atoms with Crippen molar-refractivity contribution in [3.63, 3.8) is 0 Å². The lowest BCUT2D eigenvalue weighted by Crippen LogP contribution is -2.29. The summed E-state index contributed by atoms with van der Waals surface area (Å²) in [5, 5.41) is 3.23. The van der Waals surface area contributed by atoms with E-state index in [1.807, 2.05) is 0 Å². The van der Waals surface area contributed by atoms with Gasteiger partial charge in [-0.3, -0.25) is 9.69 Å². The average Bonchev–Trinajstić information content (AvgIpc) is 2.89. The van der Waals surface area contributed by atoms with E-state index in [1.54, 1.807) is 18.4 Å². The van der Waals surface area contributed by atoms with Crippen molar-refractivity contribution in [1.29, 1.82) is 0 Å². The van der Waals surface area contributed by atoms with Crippen LogP contribution in [-0.2, 0) is 26.2 Å². The summed E-state index contributed by atoms with van der Waals surface area (Å²) in [5.41, 5.74) is 1.12. The summed E-state index contributed by atoms with van der Waals surface area (Å²) in [6, 6.07) is 0. The Morgan fingerprint density at radius 3 is 2.57 bits per heavy atom. The smallest absolute Gasteiger partial charge is 0.306 e. The summed E-state index contributed by atoms with van der Waals surface area (Å²) in [6.45, 7) is 9.28. The summed E-state index contributed by atoms with van der Waals surface area (Å²) in [7, 11) is 3.09. The van der Waals surface area contributed by atoms with Gasteiger partial charge in [-0.15, -0.1) is 11.3 Å². The van der Waals surface area contributed by atoms with E-state index in [1.165, 1.54) is 7.11 Å². The Kier molecular flexibility index (Phi) is 7.28. The Bertz CT molecular complexity index is 440. The van der Waals surface area contributed by atoms with Gasteiger partial charge >= 0.3 is 5.97 Å². The maximum absolute atomic E-state index is 11.3. The molecule has 0 unspecified atom stereocenters. The zero-order valence-electron chi connectivity index (χ0n) is 13.6. The molecule has 0 saturated heterocycles. The van der Waals surface area contributed by atoms with Gasteiger partial charge < -0.3 is 9.47 Å². The largest absolute Gasteiger partial charge is 0.469 e. The summed E-state index contributed by atoms with van der Waals surface area (Å²) in [4.78, 5) is 18.1. The molecule has 1 heterocycles. The van der Waals surface area contributed by atoms with Crippen LogP contribution < -0.4 is 0 Å². The van der Waals surface area contributed by atoms with Gasteiger partial charge in [-0.1, -0.05) is 20.8 Å². The lowest BCUT2D eigenvalue weighted by atomic mass is 9.98. The van der Waals surface area contributed by atoms with E-state index in [9.17, 15) is 4.79 Å². The molecule has 1 rings (SSSR count). The maximum Gasteiger partial charge on any atom is 0.306 e. The van der Waals surface area contributed by atoms with Crippen molar-refractivity contribution in [3.8, 4) is 0 Å². The molecule has 1 aromatic rings. The molecule has 0 amide bonds. The second-order valence-electron chi connectivity index (χ2n) is 5.99. The number of nitrogens with zero attached hydrogens (tertiary/aromatic N) is 2. The third kappa shape index (κ3) is 6.54. The number of hydrogen-bond donors (Lipinski definition) is 0. The van der Waals surface area contributed by atoms with Gasteiger partial charge in [-0.25, -0.2) is 4.98 Å². The van der Waals surface area contributed by atoms with Crippen LogP contribution in [0.15, 0.2) is 5.38 Å². The molecule has 0 atom stereocenters. The fourth-order valence-electron chi connectivity index (χ4n) is 1.79. The molecule has 0 aliphatic carbocycles. The van der Waals surface area contributed by atoms with Gasteiger partial charge in [0.05, 0.1) is 30.8 Å². The molecule has 0 fully saturated rings. The molecule has 0 aliphatic heterocycles. The highest BCUT2D eigenvalue weighted by Gasteiger charge is 2.19. The van der Waals surface area contributed by atoms with E-state index >= 15 is 0 Å². The van der Waals surface area contributed by atoms with Crippen LogP contribution in [-0.4, -0.2) is 49.8 Å². The molecular formula is C15H26N2O3S. The summed E-state index contributed by atoms with van der Waals surface area (Å²) >= 11 is 1.69. The van der Waals surface area contributed by atoms with Crippen molar-refractivity contribution in [2.75, 3.05) is 33.9 Å². The summed E-state index contributed by atoms with van der Waals surface area (Å²) in [6.07, 6.45) is 0.385. The molecule has 0 aromatic carbocycles. The van der Waals surface area contributed by atoms with Crippen molar-refractivity contribution in [1.82, 2.24) is 9.88 Å². The molecule has 0 N–H and O–H groups in total. The number of hydrogen-bond acceptors (Lipinski definition) is 6.